The van der Waals surface area contributed by atoms with Gasteiger partial charge in [-0.15, -0.1) is 0 Å². The number of Topliss-reactive ketones (excluding diaryl/α,β-unsaturated/α-hetero) is 1. The summed E-state index contributed by atoms with van der Waals surface area (Å²) in [6, 6.07) is 5.94. The molecule has 5 nitrogen and oxygen atoms in total. The largest absolute Gasteiger partial charge is 0.325 e. The maximum atomic E-state index is 12.6. The number of benzene rings is 1. The van der Waals surface area contributed by atoms with Crippen molar-refractivity contribution in [2.24, 2.45) is 0 Å². The second-order valence-electron chi connectivity index (χ2n) is 6.16. The zero-order chi connectivity index (χ0) is 18.7. The molecule has 1 amide bonds. The average molecular weight is 357 g/mol. The van der Waals surface area contributed by atoms with Crippen LogP contribution >= 0.6 is 11.8 Å². The Morgan fingerprint density at radius 3 is 2.44 bits per heavy atom. The molecule has 2 rings (SSSR count). The molecule has 0 saturated heterocycles. The molecule has 1 heterocycles. The van der Waals surface area contributed by atoms with Gasteiger partial charge in [0.2, 0.25) is 5.91 Å². The Morgan fingerprint density at radius 2 is 1.80 bits per heavy atom. The summed E-state index contributed by atoms with van der Waals surface area (Å²) in [5, 5.41) is 3.12. The number of amides is 1. The third-order valence-corrected chi connectivity index (χ3v) is 4.92. The Balaban J connectivity index is 2.22. The van der Waals surface area contributed by atoms with Gasteiger partial charge in [0.05, 0.1) is 16.5 Å². The molecule has 0 aliphatic carbocycles. The van der Waals surface area contributed by atoms with Crippen LogP contribution < -0.4 is 5.32 Å². The second-order valence-corrected chi connectivity index (χ2v) is 7.49. The van der Waals surface area contributed by atoms with Crippen molar-refractivity contribution >= 4 is 29.1 Å². The van der Waals surface area contributed by atoms with Crippen LogP contribution in [0.25, 0.3) is 0 Å². The third kappa shape index (κ3) is 4.66. The Labute approximate surface area is 152 Å². The van der Waals surface area contributed by atoms with Gasteiger partial charge in [0.1, 0.15) is 10.9 Å². The number of nitrogens with zero attached hydrogens (tertiary/aromatic N) is 2. The van der Waals surface area contributed by atoms with E-state index in [4.69, 9.17) is 0 Å². The summed E-state index contributed by atoms with van der Waals surface area (Å²) in [5.74, 6) is 0.372. The number of nitrogens with one attached hydrogen (secondary N) is 1. The topological polar surface area (TPSA) is 72.0 Å². The van der Waals surface area contributed by atoms with Crippen LogP contribution in [-0.4, -0.2) is 26.9 Å². The summed E-state index contributed by atoms with van der Waals surface area (Å²) in [4.78, 5) is 33.1. The number of hydrogen-bond donors (Lipinski definition) is 1. The van der Waals surface area contributed by atoms with Gasteiger partial charge in [-0.2, -0.15) is 0 Å². The molecule has 6 heteroatoms. The van der Waals surface area contributed by atoms with Crippen molar-refractivity contribution in [2.45, 2.75) is 51.8 Å². The van der Waals surface area contributed by atoms with Crippen LogP contribution in [0.2, 0.25) is 0 Å². The van der Waals surface area contributed by atoms with Crippen molar-refractivity contribution in [3.63, 3.8) is 0 Å². The van der Waals surface area contributed by atoms with E-state index in [1.54, 1.807) is 13.8 Å². The van der Waals surface area contributed by atoms with Crippen LogP contribution in [0.1, 0.15) is 46.9 Å². The Bertz CT molecular complexity index is 834. The second kappa shape index (κ2) is 7.78. The summed E-state index contributed by atoms with van der Waals surface area (Å²) in [6.45, 7) is 10.8. The SMILES string of the molecule is CC(=O)c1c(C)nc(C)nc1S[C@H](C)C(=O)Nc1cc(C)ccc1C. The van der Waals surface area contributed by atoms with E-state index in [1.807, 2.05) is 39.0 Å². The summed E-state index contributed by atoms with van der Waals surface area (Å²) in [7, 11) is 0. The number of anilines is 1. The van der Waals surface area contributed by atoms with E-state index in [0.29, 0.717) is 22.1 Å². The Hall–Kier alpha value is -2.21. The minimum atomic E-state index is -0.397. The van der Waals surface area contributed by atoms with Crippen LogP contribution in [0.15, 0.2) is 23.2 Å². The maximum Gasteiger partial charge on any atom is 0.237 e. The lowest BCUT2D eigenvalue weighted by molar-refractivity contribution is -0.115. The molecule has 0 aliphatic rings. The molecule has 1 atom stereocenters. The van der Waals surface area contributed by atoms with Gasteiger partial charge in [0, 0.05) is 5.69 Å². The van der Waals surface area contributed by atoms with Gasteiger partial charge < -0.3 is 5.32 Å². The summed E-state index contributed by atoms with van der Waals surface area (Å²) < 4.78 is 0. The number of hydrogen-bond acceptors (Lipinski definition) is 5. The van der Waals surface area contributed by atoms with E-state index in [-0.39, 0.29) is 11.7 Å². The Kier molecular flexibility index (Phi) is 5.95. The minimum absolute atomic E-state index is 0.0952. The number of ketones is 1. The summed E-state index contributed by atoms with van der Waals surface area (Å²) in [5.41, 5.74) is 4.03. The highest BCUT2D eigenvalue weighted by Crippen LogP contribution is 2.28. The van der Waals surface area contributed by atoms with Crippen molar-refractivity contribution in [3.05, 3.63) is 46.4 Å². The third-order valence-electron chi connectivity index (χ3n) is 3.83. The normalized spacial score (nSPS) is 11.9. The first-order valence-corrected chi connectivity index (χ1v) is 8.98. The number of carbonyl (C=O) groups excluding carboxylic acids is 2. The molecule has 0 fully saturated rings. The number of aryl methyl sites for hydroxylation is 4. The summed E-state index contributed by atoms with van der Waals surface area (Å²) in [6.07, 6.45) is 0. The molecule has 1 aromatic carbocycles. The smallest absolute Gasteiger partial charge is 0.237 e. The molecule has 25 heavy (non-hydrogen) atoms. The van der Waals surface area contributed by atoms with Gasteiger partial charge in [-0.05, 0) is 58.7 Å². The minimum Gasteiger partial charge on any atom is -0.325 e. The molecule has 0 aliphatic heterocycles. The fourth-order valence-electron chi connectivity index (χ4n) is 2.50. The predicted octanol–water partition coefficient (Wildman–Crippen LogP) is 4.03. The lowest BCUT2D eigenvalue weighted by Crippen LogP contribution is -2.23. The van der Waals surface area contributed by atoms with Crippen LogP contribution in [0.4, 0.5) is 5.69 Å². The van der Waals surface area contributed by atoms with E-state index in [1.165, 1.54) is 18.7 Å². The maximum absolute atomic E-state index is 12.6. The van der Waals surface area contributed by atoms with Gasteiger partial charge in [-0.25, -0.2) is 9.97 Å². The first kappa shape index (κ1) is 19.1. The van der Waals surface area contributed by atoms with Crippen molar-refractivity contribution < 1.29 is 9.59 Å². The van der Waals surface area contributed by atoms with Gasteiger partial charge in [-0.3, -0.25) is 9.59 Å². The molecule has 0 spiro atoms. The number of carbonyl (C=O) groups is 2. The zero-order valence-electron chi connectivity index (χ0n) is 15.4. The molecule has 132 valence electrons. The molecule has 1 aromatic heterocycles. The van der Waals surface area contributed by atoms with Crippen molar-refractivity contribution in [2.75, 3.05) is 5.32 Å². The standard InChI is InChI=1S/C19H23N3O2S/c1-10-7-8-11(2)16(9-10)22-18(24)14(5)25-19-17(13(4)23)12(3)20-15(6)21-19/h7-9,14H,1-6H3,(H,22,24)/t14-/m1/s1. The molecule has 0 radical (unpaired) electrons. The van der Waals surface area contributed by atoms with Gasteiger partial charge in [0.15, 0.2) is 5.78 Å². The van der Waals surface area contributed by atoms with Crippen LogP contribution in [-0.2, 0) is 4.79 Å². The molecule has 2 aromatic rings. The highest BCUT2D eigenvalue weighted by Gasteiger charge is 2.21. The molecule has 0 bridgehead atoms. The quantitative estimate of drug-likeness (QED) is 0.497. The van der Waals surface area contributed by atoms with E-state index in [0.717, 1.165) is 16.8 Å². The predicted molar refractivity (Wildman–Crippen MR) is 101 cm³/mol. The molecule has 1 N–H and O–H groups in total. The van der Waals surface area contributed by atoms with Crippen LogP contribution in [0.3, 0.4) is 0 Å². The van der Waals surface area contributed by atoms with E-state index in [2.05, 4.69) is 15.3 Å². The van der Waals surface area contributed by atoms with Crippen molar-refractivity contribution in [1.82, 2.24) is 9.97 Å². The first-order valence-electron chi connectivity index (χ1n) is 8.10. The highest BCUT2D eigenvalue weighted by atomic mass is 32.2. The monoisotopic (exact) mass is 357 g/mol. The van der Waals surface area contributed by atoms with Crippen LogP contribution in [0, 0.1) is 27.7 Å². The molecular weight excluding hydrogens is 334 g/mol. The van der Waals surface area contributed by atoms with E-state index < -0.39 is 5.25 Å². The number of aromatic nitrogens is 2. The van der Waals surface area contributed by atoms with Crippen molar-refractivity contribution in [3.8, 4) is 0 Å². The molecule has 0 unspecified atom stereocenters. The highest BCUT2D eigenvalue weighted by molar-refractivity contribution is 8.00. The van der Waals surface area contributed by atoms with Gasteiger partial charge >= 0.3 is 0 Å². The van der Waals surface area contributed by atoms with Gasteiger partial charge in [0.25, 0.3) is 0 Å². The van der Waals surface area contributed by atoms with E-state index >= 15 is 0 Å². The van der Waals surface area contributed by atoms with E-state index in [9.17, 15) is 9.59 Å². The lowest BCUT2D eigenvalue weighted by Gasteiger charge is -2.16. The number of rotatable bonds is 5. The fraction of sp³-hybridized carbons (Fsp3) is 0.368. The zero-order valence-corrected chi connectivity index (χ0v) is 16.2. The van der Waals surface area contributed by atoms with Gasteiger partial charge in [-0.1, -0.05) is 23.9 Å². The van der Waals surface area contributed by atoms with Crippen LogP contribution in [0.5, 0.6) is 0 Å². The molecular formula is C19H23N3O2S. The fourth-order valence-corrected chi connectivity index (χ4v) is 3.59. The lowest BCUT2D eigenvalue weighted by atomic mass is 10.1. The molecule has 0 saturated carbocycles. The summed E-state index contributed by atoms with van der Waals surface area (Å²) >= 11 is 1.28. The van der Waals surface area contributed by atoms with Crippen molar-refractivity contribution in [1.29, 1.82) is 0 Å². The average Bonchev–Trinajstić information content (AvgIpc) is 2.49. The Morgan fingerprint density at radius 1 is 1.12 bits per heavy atom. The number of thioether (sulfide) groups is 1. The first-order chi connectivity index (χ1) is 11.7.